The van der Waals surface area contributed by atoms with Gasteiger partial charge in [-0.05, 0) is 105 Å². The zero-order valence-corrected chi connectivity index (χ0v) is 34.2. The number of hydrogen-bond acceptors (Lipinski definition) is 14. The molecule has 2 heterocycles. The Labute approximate surface area is 330 Å². The molecule has 0 aromatic carbocycles. The van der Waals surface area contributed by atoms with Gasteiger partial charge in [0.25, 0.3) is 0 Å². The van der Waals surface area contributed by atoms with Gasteiger partial charge in [0.05, 0.1) is 35.9 Å². The molecule has 0 unspecified atom stereocenters. The fraction of sp³-hybridized carbons (Fsp3) is 0.929. The highest BCUT2D eigenvalue weighted by molar-refractivity contribution is 5.79. The fourth-order valence-corrected chi connectivity index (χ4v) is 13.8. The Hall–Kier alpha value is -1.27. The fourth-order valence-electron chi connectivity index (χ4n) is 13.8. The van der Waals surface area contributed by atoms with Crippen LogP contribution in [0.4, 0.5) is 0 Å². The van der Waals surface area contributed by atoms with Crippen molar-refractivity contribution in [1.29, 1.82) is 0 Å². The van der Waals surface area contributed by atoms with Crippen molar-refractivity contribution in [2.24, 2.45) is 50.7 Å². The number of aliphatic hydroxyl groups excluding tert-OH is 8. The lowest BCUT2D eigenvalue weighted by atomic mass is 9.33. The summed E-state index contributed by atoms with van der Waals surface area (Å²) in [6, 6.07) is 0. The number of aliphatic hydroxyl groups is 9. The van der Waals surface area contributed by atoms with Crippen molar-refractivity contribution in [3.8, 4) is 0 Å². The molecule has 14 nitrogen and oxygen atoms in total. The number of fused-ring (bicyclic) bond motifs is 7. The molecule has 2 aliphatic heterocycles. The molecule has 5 aliphatic carbocycles. The third kappa shape index (κ3) is 5.89. The summed E-state index contributed by atoms with van der Waals surface area (Å²) < 4.78 is 23.7. The first kappa shape index (κ1) is 42.8. The summed E-state index contributed by atoms with van der Waals surface area (Å²) in [5.41, 5.74) is -2.97. The maximum Gasteiger partial charge on any atom is 0.315 e. The molecule has 0 spiro atoms. The van der Waals surface area contributed by atoms with Crippen molar-refractivity contribution >= 4 is 5.97 Å². The van der Waals surface area contributed by atoms with E-state index in [-0.39, 0.29) is 28.6 Å². The minimum atomic E-state index is -1.79. The Morgan fingerprint density at radius 3 is 2.14 bits per heavy atom. The van der Waals surface area contributed by atoms with Crippen molar-refractivity contribution in [3.63, 3.8) is 0 Å². The van der Waals surface area contributed by atoms with Crippen LogP contribution in [0.5, 0.6) is 0 Å². The molecule has 56 heavy (non-hydrogen) atoms. The van der Waals surface area contributed by atoms with E-state index in [0.29, 0.717) is 38.5 Å². The molecule has 7 rings (SSSR count). The number of ether oxygens (including phenoxy) is 4. The molecule has 0 amide bonds. The molecule has 4 saturated carbocycles. The highest BCUT2D eigenvalue weighted by atomic mass is 16.8. The first-order valence-electron chi connectivity index (χ1n) is 20.9. The predicted molar refractivity (Wildman–Crippen MR) is 199 cm³/mol. The monoisotopic (exact) mass is 796 g/mol. The van der Waals surface area contributed by atoms with Crippen LogP contribution in [0.2, 0.25) is 0 Å². The highest BCUT2D eigenvalue weighted by Crippen LogP contribution is 2.76. The lowest BCUT2D eigenvalue weighted by molar-refractivity contribution is -0.361. The first-order valence-corrected chi connectivity index (χ1v) is 20.9. The van der Waals surface area contributed by atoms with E-state index in [9.17, 15) is 46.0 Å². The molecule has 2 saturated heterocycles. The van der Waals surface area contributed by atoms with Crippen LogP contribution in [-0.4, -0.2) is 138 Å². The average Bonchev–Trinajstić information content (AvgIpc) is 3.13. The largest absolute Gasteiger partial charge is 0.432 e. The normalized spacial score (nSPS) is 56.8. The van der Waals surface area contributed by atoms with Crippen molar-refractivity contribution in [1.82, 2.24) is 0 Å². The topological polar surface area (TPSA) is 236 Å². The van der Waals surface area contributed by atoms with Gasteiger partial charge in [0, 0.05) is 5.92 Å². The Kier molecular flexibility index (Phi) is 10.8. The number of hydrogen-bond donors (Lipinski definition) is 9. The van der Waals surface area contributed by atoms with E-state index < -0.39 is 114 Å². The number of carbonyl (C=O) groups is 1. The number of esters is 1. The number of rotatable bonds is 5. The Balaban J connectivity index is 1.24. The van der Waals surface area contributed by atoms with Crippen LogP contribution >= 0.6 is 0 Å². The number of allylic oxidation sites excluding steroid dienone is 1. The summed E-state index contributed by atoms with van der Waals surface area (Å²) in [7, 11) is 0. The molecule has 0 bridgehead atoms. The van der Waals surface area contributed by atoms with E-state index in [4.69, 9.17) is 18.9 Å². The predicted octanol–water partition coefficient (Wildman–Crippen LogP) is 1.29. The molecule has 7 aliphatic rings. The Morgan fingerprint density at radius 1 is 0.804 bits per heavy atom. The van der Waals surface area contributed by atoms with Crippen LogP contribution in [-0.2, 0) is 23.7 Å². The van der Waals surface area contributed by atoms with E-state index in [1.807, 2.05) is 6.92 Å². The smallest absolute Gasteiger partial charge is 0.315 e. The van der Waals surface area contributed by atoms with Gasteiger partial charge in [-0.1, -0.05) is 53.2 Å². The third-order valence-electron chi connectivity index (χ3n) is 17.6. The summed E-state index contributed by atoms with van der Waals surface area (Å²) in [5.74, 6) is -1.14. The Morgan fingerprint density at radius 2 is 1.48 bits per heavy atom. The maximum absolute atomic E-state index is 15.1. The molecule has 21 atom stereocenters. The van der Waals surface area contributed by atoms with E-state index in [2.05, 4.69) is 40.7 Å². The van der Waals surface area contributed by atoms with E-state index in [1.54, 1.807) is 6.92 Å². The highest BCUT2D eigenvalue weighted by Gasteiger charge is 2.72. The van der Waals surface area contributed by atoms with Crippen LogP contribution in [0.1, 0.15) is 107 Å². The zero-order chi connectivity index (χ0) is 41.3. The van der Waals surface area contributed by atoms with Gasteiger partial charge in [-0.2, -0.15) is 0 Å². The average molecular weight is 797 g/mol. The van der Waals surface area contributed by atoms with Gasteiger partial charge in [-0.3, -0.25) is 4.79 Å². The summed E-state index contributed by atoms with van der Waals surface area (Å²) in [6.07, 6.45) is -10.1. The van der Waals surface area contributed by atoms with Gasteiger partial charge in [-0.25, -0.2) is 0 Å². The van der Waals surface area contributed by atoms with E-state index >= 15 is 4.79 Å². The van der Waals surface area contributed by atoms with E-state index in [1.165, 1.54) is 6.92 Å². The molecule has 0 aromatic rings. The van der Waals surface area contributed by atoms with Crippen LogP contribution < -0.4 is 0 Å². The first-order chi connectivity index (χ1) is 25.9. The van der Waals surface area contributed by atoms with Gasteiger partial charge in [0.15, 0.2) is 12.4 Å². The molecule has 6 fully saturated rings. The molecule has 0 aromatic heterocycles. The molecule has 320 valence electrons. The molecular weight excluding hydrogens is 728 g/mol. The summed E-state index contributed by atoms with van der Waals surface area (Å²) in [4.78, 5) is 15.1. The second kappa shape index (κ2) is 14.2. The van der Waals surface area contributed by atoms with Gasteiger partial charge in [0.2, 0.25) is 6.29 Å². The standard InChI is InChI=1S/C42H68O14/c1-19-11-14-42(36(51)56-35-31(29(48)27(46)23(18-43)54-35)55-34-30(49)28(47)26(45)20(2)53-34)16-15-39(6)21(32(42)41(19,8)52)9-10-25-38(5)17-22(44)33(50)37(3,4)24(38)12-13-40(25,39)7/h9,19-20,22-35,43-50,52H,10-18H2,1-8H3/t19-,20+,22-,23-,24+,25-,26+,27-,28-,29+,30-,31-,32-,33+,34+,35+,38+,39-,40-,41-,42+/m1/s1. The van der Waals surface area contributed by atoms with E-state index in [0.717, 1.165) is 18.4 Å². The lowest BCUT2D eigenvalue weighted by Gasteiger charge is -2.72. The lowest BCUT2D eigenvalue weighted by Crippen LogP contribution is -2.69. The van der Waals surface area contributed by atoms with Crippen molar-refractivity contribution < 1.29 is 69.7 Å². The SMILES string of the molecule is C[C@@H]1O[C@@H](O[C@H]2[C@H](OC(=O)[C@]34CC[C@@H](C)[C@@](C)(O)[C@H]3C3=CC[C@@H]5[C@@]6(C)C[C@@H](O)[C@H](O)C(C)(C)[C@@H]6CC[C@@]5(C)[C@]3(C)CC4)O[C@H](CO)[C@@H](O)[C@@H]2O)[C@H](O)[C@H](O)[C@H]1O. The maximum atomic E-state index is 15.1. The van der Waals surface area contributed by atoms with Crippen LogP contribution in [0, 0.1) is 50.7 Å². The quantitative estimate of drug-likeness (QED) is 0.141. The summed E-state index contributed by atoms with van der Waals surface area (Å²) in [5, 5.41) is 98.6. The van der Waals surface area contributed by atoms with Crippen molar-refractivity contribution in [2.45, 2.75) is 186 Å². The molecule has 14 heteroatoms. The second-order valence-corrected chi connectivity index (χ2v) is 20.5. The van der Waals surface area contributed by atoms with Gasteiger partial charge in [-0.15, -0.1) is 0 Å². The molecular formula is C42H68O14. The summed E-state index contributed by atoms with van der Waals surface area (Å²) in [6.45, 7) is 15.6. The second-order valence-electron chi connectivity index (χ2n) is 20.5. The van der Waals surface area contributed by atoms with Gasteiger partial charge >= 0.3 is 5.97 Å². The summed E-state index contributed by atoms with van der Waals surface area (Å²) >= 11 is 0. The molecule has 9 N–H and O–H groups in total. The van der Waals surface area contributed by atoms with Crippen LogP contribution in [0.25, 0.3) is 0 Å². The van der Waals surface area contributed by atoms with Gasteiger partial charge < -0.3 is 64.9 Å². The van der Waals surface area contributed by atoms with Crippen molar-refractivity contribution in [2.75, 3.05) is 6.61 Å². The molecule has 0 radical (unpaired) electrons. The van der Waals surface area contributed by atoms with Crippen molar-refractivity contribution in [3.05, 3.63) is 11.6 Å². The zero-order valence-electron chi connectivity index (χ0n) is 34.2. The van der Waals surface area contributed by atoms with Crippen LogP contribution in [0.15, 0.2) is 11.6 Å². The Bertz CT molecular complexity index is 1540. The van der Waals surface area contributed by atoms with Gasteiger partial charge in [0.1, 0.15) is 36.6 Å². The minimum absolute atomic E-state index is 0.169. The third-order valence-corrected chi connectivity index (χ3v) is 17.6. The van der Waals surface area contributed by atoms with Crippen LogP contribution in [0.3, 0.4) is 0 Å². The number of carbonyl (C=O) groups excluding carboxylic acids is 1. The minimum Gasteiger partial charge on any atom is -0.432 e.